The van der Waals surface area contributed by atoms with Crippen LogP contribution in [0.4, 0.5) is 0 Å². The molecule has 0 saturated heterocycles. The second-order valence-electron chi connectivity index (χ2n) is 6.85. The molecule has 1 amide bonds. The van der Waals surface area contributed by atoms with Crippen molar-refractivity contribution in [2.45, 2.75) is 25.5 Å². The highest BCUT2D eigenvalue weighted by Crippen LogP contribution is 2.33. The van der Waals surface area contributed by atoms with Gasteiger partial charge in [0.1, 0.15) is 0 Å². The van der Waals surface area contributed by atoms with Crippen molar-refractivity contribution in [1.82, 2.24) is 14.5 Å². The first-order valence-electron chi connectivity index (χ1n) is 9.89. The number of carbonyl (C=O) groups is 1. The quantitative estimate of drug-likeness (QED) is 0.428. The van der Waals surface area contributed by atoms with Gasteiger partial charge in [-0.15, -0.1) is 0 Å². The maximum atomic E-state index is 13.2. The summed E-state index contributed by atoms with van der Waals surface area (Å²) in [6.45, 7) is 5.75. The Labute approximate surface area is 178 Å². The molecule has 2 heterocycles. The number of hydrogen-bond donors (Lipinski definition) is 0. The van der Waals surface area contributed by atoms with Crippen molar-refractivity contribution in [3.05, 3.63) is 58.4 Å². The van der Waals surface area contributed by atoms with Gasteiger partial charge in [0.05, 0.1) is 23.2 Å². The molecule has 0 atom stereocenters. The molecule has 7 nitrogen and oxygen atoms in total. The molecule has 156 valence electrons. The van der Waals surface area contributed by atoms with Gasteiger partial charge in [-0.1, -0.05) is 30.0 Å². The summed E-state index contributed by atoms with van der Waals surface area (Å²) in [6, 6.07) is 12.9. The second kappa shape index (κ2) is 8.79. The number of thioether (sulfide) groups is 1. The molecule has 0 fully saturated rings. The summed E-state index contributed by atoms with van der Waals surface area (Å²) < 4.78 is 12.4. The van der Waals surface area contributed by atoms with Gasteiger partial charge in [0.15, 0.2) is 16.7 Å². The minimum Gasteiger partial charge on any atom is -0.454 e. The van der Waals surface area contributed by atoms with Crippen molar-refractivity contribution in [2.75, 3.05) is 25.6 Å². The molecule has 1 aromatic heterocycles. The van der Waals surface area contributed by atoms with Crippen molar-refractivity contribution in [2.24, 2.45) is 0 Å². The first-order chi connectivity index (χ1) is 14.6. The van der Waals surface area contributed by atoms with E-state index in [9.17, 15) is 9.59 Å². The van der Waals surface area contributed by atoms with Crippen LogP contribution in [0.5, 0.6) is 11.5 Å². The van der Waals surface area contributed by atoms with Crippen LogP contribution in [0.1, 0.15) is 19.4 Å². The van der Waals surface area contributed by atoms with Crippen LogP contribution in [0, 0.1) is 0 Å². The molecular weight excluding hydrogens is 402 g/mol. The molecule has 0 unspecified atom stereocenters. The standard InChI is InChI=1S/C22H23N3O4S/c1-3-24(4-2)20(26)13-30-22-23-17-8-6-5-7-16(17)21(27)25(22)12-15-9-10-18-19(11-15)29-14-28-18/h5-11H,3-4,12-14H2,1-2H3. The van der Waals surface area contributed by atoms with E-state index in [1.54, 1.807) is 15.5 Å². The van der Waals surface area contributed by atoms with Gasteiger partial charge in [-0.3, -0.25) is 14.2 Å². The summed E-state index contributed by atoms with van der Waals surface area (Å²) in [4.78, 5) is 32.2. The first-order valence-corrected chi connectivity index (χ1v) is 10.9. The van der Waals surface area contributed by atoms with Crippen molar-refractivity contribution in [3.63, 3.8) is 0 Å². The van der Waals surface area contributed by atoms with Crippen LogP contribution in [-0.2, 0) is 11.3 Å². The average molecular weight is 426 g/mol. The predicted octanol–water partition coefficient (Wildman–Crippen LogP) is 3.13. The lowest BCUT2D eigenvalue weighted by Gasteiger charge is -2.19. The summed E-state index contributed by atoms with van der Waals surface area (Å²) in [7, 11) is 0. The summed E-state index contributed by atoms with van der Waals surface area (Å²) in [6.07, 6.45) is 0. The SMILES string of the molecule is CCN(CC)C(=O)CSc1nc2ccccc2c(=O)n1Cc1ccc2c(c1)OCO2. The molecule has 1 aliphatic heterocycles. The number of benzene rings is 2. The number of carbonyl (C=O) groups excluding carboxylic acids is 1. The molecule has 30 heavy (non-hydrogen) atoms. The average Bonchev–Trinajstić information content (AvgIpc) is 3.23. The Morgan fingerprint density at radius 2 is 1.90 bits per heavy atom. The molecule has 0 bridgehead atoms. The second-order valence-corrected chi connectivity index (χ2v) is 7.79. The normalized spacial score (nSPS) is 12.3. The molecule has 0 saturated carbocycles. The zero-order chi connectivity index (χ0) is 21.1. The number of amides is 1. The molecular formula is C22H23N3O4S. The maximum absolute atomic E-state index is 13.2. The Hall–Kier alpha value is -3.00. The van der Waals surface area contributed by atoms with E-state index in [1.165, 1.54) is 11.8 Å². The zero-order valence-corrected chi connectivity index (χ0v) is 17.8. The van der Waals surface area contributed by atoms with Crippen molar-refractivity contribution in [3.8, 4) is 11.5 Å². The van der Waals surface area contributed by atoms with E-state index in [0.29, 0.717) is 47.2 Å². The third-order valence-electron chi connectivity index (χ3n) is 5.05. The van der Waals surface area contributed by atoms with E-state index in [2.05, 4.69) is 4.98 Å². The van der Waals surface area contributed by atoms with E-state index in [-0.39, 0.29) is 24.0 Å². The Kier molecular flexibility index (Phi) is 5.94. The third-order valence-corrected chi connectivity index (χ3v) is 6.01. The summed E-state index contributed by atoms with van der Waals surface area (Å²) in [5, 5.41) is 1.08. The minimum absolute atomic E-state index is 0.0297. The first kappa shape index (κ1) is 20.3. The van der Waals surface area contributed by atoms with Crippen LogP contribution < -0.4 is 15.0 Å². The van der Waals surface area contributed by atoms with Gasteiger partial charge in [0.2, 0.25) is 12.7 Å². The number of fused-ring (bicyclic) bond motifs is 2. The Morgan fingerprint density at radius 1 is 1.13 bits per heavy atom. The summed E-state index contributed by atoms with van der Waals surface area (Å²) >= 11 is 1.29. The Bertz CT molecular complexity index is 1140. The van der Waals surface area contributed by atoms with Crippen molar-refractivity contribution < 1.29 is 14.3 Å². The highest BCUT2D eigenvalue weighted by Gasteiger charge is 2.18. The fourth-order valence-electron chi connectivity index (χ4n) is 3.41. The number of rotatable bonds is 7. The fourth-order valence-corrected chi connectivity index (χ4v) is 4.31. The monoisotopic (exact) mass is 425 g/mol. The number of para-hydroxylation sites is 1. The lowest BCUT2D eigenvalue weighted by Crippen LogP contribution is -2.32. The van der Waals surface area contributed by atoms with Gasteiger partial charge in [0.25, 0.3) is 5.56 Å². The van der Waals surface area contributed by atoms with Crippen LogP contribution in [0.2, 0.25) is 0 Å². The number of hydrogen-bond acceptors (Lipinski definition) is 6. The van der Waals surface area contributed by atoms with Gasteiger partial charge in [-0.25, -0.2) is 4.98 Å². The van der Waals surface area contributed by atoms with Gasteiger partial charge in [0, 0.05) is 13.1 Å². The molecule has 0 aliphatic carbocycles. The number of aromatic nitrogens is 2. The van der Waals surface area contributed by atoms with E-state index < -0.39 is 0 Å². The largest absolute Gasteiger partial charge is 0.454 e. The Balaban J connectivity index is 1.69. The highest BCUT2D eigenvalue weighted by atomic mass is 32.2. The van der Waals surface area contributed by atoms with Crippen LogP contribution in [0.25, 0.3) is 10.9 Å². The van der Waals surface area contributed by atoms with E-state index >= 15 is 0 Å². The van der Waals surface area contributed by atoms with Gasteiger partial charge >= 0.3 is 0 Å². The number of ether oxygens (including phenoxy) is 2. The maximum Gasteiger partial charge on any atom is 0.262 e. The van der Waals surface area contributed by atoms with E-state index in [1.807, 2.05) is 50.2 Å². The smallest absolute Gasteiger partial charge is 0.262 e. The van der Waals surface area contributed by atoms with Gasteiger partial charge < -0.3 is 14.4 Å². The highest BCUT2D eigenvalue weighted by molar-refractivity contribution is 7.99. The van der Waals surface area contributed by atoms with Crippen LogP contribution in [-0.4, -0.2) is 46.0 Å². The van der Waals surface area contributed by atoms with Crippen molar-refractivity contribution in [1.29, 1.82) is 0 Å². The molecule has 8 heteroatoms. The molecule has 4 rings (SSSR count). The molecule has 1 aliphatic rings. The zero-order valence-electron chi connectivity index (χ0n) is 17.0. The lowest BCUT2D eigenvalue weighted by atomic mass is 10.2. The number of nitrogens with zero attached hydrogens (tertiary/aromatic N) is 3. The molecule has 0 radical (unpaired) electrons. The van der Waals surface area contributed by atoms with Crippen molar-refractivity contribution >= 4 is 28.6 Å². The summed E-state index contributed by atoms with van der Waals surface area (Å²) in [5.41, 5.74) is 1.40. The third kappa shape index (κ3) is 4.00. The van der Waals surface area contributed by atoms with Crippen LogP contribution >= 0.6 is 11.8 Å². The molecule has 0 spiro atoms. The Morgan fingerprint density at radius 3 is 2.70 bits per heavy atom. The molecule has 0 N–H and O–H groups in total. The van der Waals surface area contributed by atoms with Crippen LogP contribution in [0.3, 0.4) is 0 Å². The van der Waals surface area contributed by atoms with Gasteiger partial charge in [-0.2, -0.15) is 0 Å². The van der Waals surface area contributed by atoms with E-state index in [4.69, 9.17) is 9.47 Å². The summed E-state index contributed by atoms with van der Waals surface area (Å²) in [5.74, 6) is 1.62. The fraction of sp³-hybridized carbons (Fsp3) is 0.318. The van der Waals surface area contributed by atoms with Crippen LogP contribution in [0.15, 0.2) is 52.4 Å². The van der Waals surface area contributed by atoms with E-state index in [0.717, 1.165) is 5.56 Å². The molecule has 3 aromatic rings. The minimum atomic E-state index is -0.129. The topological polar surface area (TPSA) is 73.7 Å². The molecule has 2 aromatic carbocycles. The van der Waals surface area contributed by atoms with Gasteiger partial charge in [-0.05, 0) is 43.7 Å². The predicted molar refractivity (Wildman–Crippen MR) is 116 cm³/mol. The lowest BCUT2D eigenvalue weighted by molar-refractivity contribution is -0.127.